The maximum atomic E-state index is 5.77. The van der Waals surface area contributed by atoms with Crippen molar-refractivity contribution in [1.82, 2.24) is 14.5 Å². The molecule has 4 nitrogen and oxygen atoms in total. The molecule has 0 aromatic carbocycles. The summed E-state index contributed by atoms with van der Waals surface area (Å²) in [6.45, 7) is 4.93. The highest BCUT2D eigenvalue weighted by atomic mass is 32.1. The van der Waals surface area contributed by atoms with E-state index in [2.05, 4.69) is 21.5 Å². The molecule has 2 rings (SSSR count). The number of nitrogens with two attached hydrogens (primary N) is 1. The topological polar surface area (TPSA) is 56.7 Å². The molecule has 0 bridgehead atoms. The van der Waals surface area contributed by atoms with Crippen LogP contribution in [-0.4, -0.2) is 14.5 Å². The van der Waals surface area contributed by atoms with Crippen LogP contribution >= 0.6 is 11.3 Å². The van der Waals surface area contributed by atoms with Gasteiger partial charge in [-0.15, -0.1) is 11.3 Å². The molecular formula is C10H14N4S. The van der Waals surface area contributed by atoms with Crippen molar-refractivity contribution in [3.05, 3.63) is 23.6 Å². The zero-order valence-electron chi connectivity index (χ0n) is 8.84. The molecule has 0 fully saturated rings. The van der Waals surface area contributed by atoms with E-state index < -0.39 is 0 Å². The second-order valence-corrected chi connectivity index (χ2v) is 4.29. The molecule has 0 saturated carbocycles. The van der Waals surface area contributed by atoms with E-state index in [9.17, 15) is 0 Å². The predicted octanol–water partition coefficient (Wildman–Crippen LogP) is 2.05. The first kappa shape index (κ1) is 10.3. The van der Waals surface area contributed by atoms with Gasteiger partial charge in [-0.25, -0.2) is 9.97 Å². The van der Waals surface area contributed by atoms with Gasteiger partial charge in [-0.3, -0.25) is 0 Å². The molecule has 1 atom stereocenters. The van der Waals surface area contributed by atoms with Crippen LogP contribution in [0.15, 0.2) is 17.9 Å². The van der Waals surface area contributed by atoms with Gasteiger partial charge in [0.15, 0.2) is 0 Å². The third-order valence-corrected chi connectivity index (χ3v) is 3.14. The summed E-state index contributed by atoms with van der Waals surface area (Å²) in [5.74, 6) is 0. The van der Waals surface area contributed by atoms with Crippen LogP contribution in [0.1, 0.15) is 25.6 Å². The quantitative estimate of drug-likeness (QED) is 0.864. The number of aromatic nitrogens is 3. The Balaban J connectivity index is 2.37. The molecule has 2 N–H and O–H groups in total. The van der Waals surface area contributed by atoms with Gasteiger partial charge in [0, 0.05) is 18.0 Å². The van der Waals surface area contributed by atoms with E-state index in [1.54, 1.807) is 11.3 Å². The Morgan fingerprint density at radius 2 is 2.40 bits per heavy atom. The lowest BCUT2D eigenvalue weighted by molar-refractivity contribution is 0.763. The molecule has 0 spiro atoms. The maximum absolute atomic E-state index is 5.77. The Kier molecular flexibility index (Phi) is 2.83. The normalized spacial score (nSPS) is 13.0. The van der Waals surface area contributed by atoms with Gasteiger partial charge in [0.2, 0.25) is 0 Å². The zero-order chi connectivity index (χ0) is 10.8. The highest BCUT2D eigenvalue weighted by molar-refractivity contribution is 7.13. The van der Waals surface area contributed by atoms with Gasteiger partial charge in [0.25, 0.3) is 0 Å². The fourth-order valence-electron chi connectivity index (χ4n) is 1.36. The number of aryl methyl sites for hydroxylation is 1. The third-order valence-electron chi connectivity index (χ3n) is 2.26. The van der Waals surface area contributed by atoms with E-state index in [4.69, 9.17) is 5.73 Å². The number of hydrogen-bond donors (Lipinski definition) is 1. The van der Waals surface area contributed by atoms with E-state index in [1.165, 1.54) is 0 Å². The van der Waals surface area contributed by atoms with Crippen molar-refractivity contribution in [2.75, 3.05) is 0 Å². The summed E-state index contributed by atoms with van der Waals surface area (Å²) >= 11 is 1.61. The van der Waals surface area contributed by atoms with Gasteiger partial charge >= 0.3 is 0 Å². The molecule has 2 aromatic rings. The molecule has 0 radical (unpaired) electrons. The van der Waals surface area contributed by atoms with Gasteiger partial charge in [0.1, 0.15) is 5.01 Å². The highest BCUT2D eigenvalue weighted by Gasteiger charge is 2.10. The standard InChI is InChI=1S/C10H14N4S/c1-3-14-6-12-4-9(14)10-13-8(5-15-10)7(2)11/h4-7H,3,11H2,1-2H3. The SMILES string of the molecule is CCn1cncc1-c1nc(C(C)N)cs1. The van der Waals surface area contributed by atoms with Crippen LogP contribution in [0.4, 0.5) is 0 Å². The molecule has 0 amide bonds. The lowest BCUT2D eigenvalue weighted by atomic mass is 10.3. The fourth-order valence-corrected chi connectivity index (χ4v) is 2.31. The number of imidazole rings is 1. The fraction of sp³-hybridized carbons (Fsp3) is 0.400. The Hall–Kier alpha value is -1.20. The van der Waals surface area contributed by atoms with Crippen LogP contribution in [0.2, 0.25) is 0 Å². The average molecular weight is 222 g/mol. The summed E-state index contributed by atoms with van der Waals surface area (Å²) in [6, 6.07) is -0.00648. The summed E-state index contributed by atoms with van der Waals surface area (Å²) in [4.78, 5) is 8.62. The molecule has 1 unspecified atom stereocenters. The van der Waals surface area contributed by atoms with Crippen molar-refractivity contribution in [1.29, 1.82) is 0 Å². The first-order valence-corrected chi connectivity index (χ1v) is 5.81. The Morgan fingerprint density at radius 3 is 3.00 bits per heavy atom. The van der Waals surface area contributed by atoms with Crippen molar-refractivity contribution in [3.63, 3.8) is 0 Å². The first-order chi connectivity index (χ1) is 7.22. The van der Waals surface area contributed by atoms with E-state index in [1.807, 2.05) is 24.8 Å². The lowest BCUT2D eigenvalue weighted by Crippen LogP contribution is -2.05. The van der Waals surface area contributed by atoms with Crippen molar-refractivity contribution in [2.24, 2.45) is 5.73 Å². The average Bonchev–Trinajstić information content (AvgIpc) is 2.85. The van der Waals surface area contributed by atoms with Crippen LogP contribution in [0.3, 0.4) is 0 Å². The van der Waals surface area contributed by atoms with Crippen LogP contribution in [-0.2, 0) is 6.54 Å². The smallest absolute Gasteiger partial charge is 0.141 e. The van der Waals surface area contributed by atoms with Gasteiger partial charge in [-0.1, -0.05) is 0 Å². The number of thiazole rings is 1. The van der Waals surface area contributed by atoms with Crippen molar-refractivity contribution in [3.8, 4) is 10.7 Å². The van der Waals surface area contributed by atoms with Gasteiger partial charge in [-0.05, 0) is 13.8 Å². The maximum Gasteiger partial charge on any atom is 0.141 e. The number of rotatable bonds is 3. The van der Waals surface area contributed by atoms with Crippen molar-refractivity contribution >= 4 is 11.3 Å². The molecule has 0 aliphatic heterocycles. The van der Waals surface area contributed by atoms with Crippen LogP contribution < -0.4 is 5.73 Å². The second kappa shape index (κ2) is 4.12. The van der Waals surface area contributed by atoms with E-state index >= 15 is 0 Å². The molecule has 0 aliphatic carbocycles. The molecule has 5 heteroatoms. The summed E-state index contributed by atoms with van der Waals surface area (Å²) < 4.78 is 2.07. The first-order valence-electron chi connectivity index (χ1n) is 4.94. The van der Waals surface area contributed by atoms with Crippen molar-refractivity contribution < 1.29 is 0 Å². The van der Waals surface area contributed by atoms with Crippen LogP contribution in [0.5, 0.6) is 0 Å². The van der Waals surface area contributed by atoms with Crippen molar-refractivity contribution in [2.45, 2.75) is 26.4 Å². The van der Waals surface area contributed by atoms with E-state index in [0.717, 1.165) is 22.9 Å². The van der Waals surface area contributed by atoms with E-state index in [-0.39, 0.29) is 6.04 Å². The molecule has 2 heterocycles. The molecular weight excluding hydrogens is 208 g/mol. The van der Waals surface area contributed by atoms with Gasteiger partial charge < -0.3 is 10.3 Å². The monoisotopic (exact) mass is 222 g/mol. The van der Waals surface area contributed by atoms with Gasteiger partial charge in [-0.2, -0.15) is 0 Å². The lowest BCUT2D eigenvalue weighted by Gasteiger charge is -2.01. The minimum Gasteiger partial charge on any atom is -0.329 e. The van der Waals surface area contributed by atoms with Gasteiger partial charge in [0.05, 0.1) is 23.9 Å². The predicted molar refractivity (Wildman–Crippen MR) is 61.6 cm³/mol. The zero-order valence-corrected chi connectivity index (χ0v) is 9.66. The van der Waals surface area contributed by atoms with Crippen LogP contribution in [0.25, 0.3) is 10.7 Å². The largest absolute Gasteiger partial charge is 0.329 e. The Bertz CT molecular complexity index is 444. The molecule has 80 valence electrons. The second-order valence-electron chi connectivity index (χ2n) is 3.43. The summed E-state index contributed by atoms with van der Waals surface area (Å²) in [5, 5.41) is 2.99. The third kappa shape index (κ3) is 1.93. The van der Waals surface area contributed by atoms with E-state index in [0.29, 0.717) is 0 Å². The highest BCUT2D eigenvalue weighted by Crippen LogP contribution is 2.25. The summed E-state index contributed by atoms with van der Waals surface area (Å²) in [5.41, 5.74) is 7.78. The molecule has 0 aliphatic rings. The summed E-state index contributed by atoms with van der Waals surface area (Å²) in [7, 11) is 0. The Labute approximate surface area is 92.8 Å². The number of hydrogen-bond acceptors (Lipinski definition) is 4. The molecule has 0 saturated heterocycles. The summed E-state index contributed by atoms with van der Waals surface area (Å²) in [6.07, 6.45) is 3.66. The van der Waals surface area contributed by atoms with Crippen LogP contribution in [0, 0.1) is 0 Å². The molecule has 2 aromatic heterocycles. The minimum absolute atomic E-state index is 0.00648. The minimum atomic E-state index is -0.00648. The molecule has 15 heavy (non-hydrogen) atoms. The Morgan fingerprint density at radius 1 is 1.60 bits per heavy atom. The number of nitrogens with zero attached hydrogens (tertiary/aromatic N) is 3.